The van der Waals surface area contributed by atoms with Gasteiger partial charge in [0.2, 0.25) is 0 Å². The standard InChI is InChI=1S/C19H26O/c1-18-12-4-3-5-13(18)6-10-16-15(18)9-7-14-8-11-17(20)19(14,16)2/h3-4,9,13-14,16H,5-8,10-12H2,1-2H3/t13-,14+,16+,18-,19-/m0/s1. The molecule has 0 aromatic heterocycles. The van der Waals surface area contributed by atoms with Gasteiger partial charge >= 0.3 is 0 Å². The fourth-order valence-corrected chi connectivity index (χ4v) is 5.94. The normalized spacial score (nSPS) is 50.2. The Balaban J connectivity index is 1.79. The minimum atomic E-state index is -0.0285. The van der Waals surface area contributed by atoms with Crippen molar-refractivity contribution in [3.8, 4) is 0 Å². The highest BCUT2D eigenvalue weighted by molar-refractivity contribution is 5.88. The number of carbonyl (C=O) groups excluding carboxylic acids is 1. The molecule has 2 saturated carbocycles. The zero-order valence-corrected chi connectivity index (χ0v) is 12.8. The summed E-state index contributed by atoms with van der Waals surface area (Å²) in [7, 11) is 0. The van der Waals surface area contributed by atoms with E-state index < -0.39 is 0 Å². The first-order valence-corrected chi connectivity index (χ1v) is 8.45. The number of allylic oxidation sites excluding steroid dienone is 4. The molecule has 0 bridgehead atoms. The first-order chi connectivity index (χ1) is 9.57. The lowest BCUT2D eigenvalue weighted by atomic mass is 9.48. The van der Waals surface area contributed by atoms with Crippen LogP contribution < -0.4 is 0 Å². The van der Waals surface area contributed by atoms with E-state index in [1.165, 1.54) is 25.7 Å². The van der Waals surface area contributed by atoms with Crippen LogP contribution in [0.1, 0.15) is 58.8 Å². The summed E-state index contributed by atoms with van der Waals surface area (Å²) >= 11 is 0. The molecule has 4 rings (SSSR count). The maximum Gasteiger partial charge on any atom is 0.139 e. The molecular formula is C19H26O. The molecule has 0 amide bonds. The first kappa shape index (κ1) is 12.9. The predicted octanol–water partition coefficient (Wildman–Crippen LogP) is 4.68. The number of rotatable bonds is 0. The lowest BCUT2D eigenvalue weighted by Gasteiger charge is -2.55. The average Bonchev–Trinajstić information content (AvgIpc) is 2.74. The smallest absolute Gasteiger partial charge is 0.139 e. The number of carbonyl (C=O) groups is 1. The number of hydrogen-bond donors (Lipinski definition) is 0. The number of hydrogen-bond acceptors (Lipinski definition) is 1. The van der Waals surface area contributed by atoms with Crippen LogP contribution in [0, 0.1) is 28.6 Å². The summed E-state index contributed by atoms with van der Waals surface area (Å²) in [5, 5.41) is 0. The molecular weight excluding hydrogens is 244 g/mol. The molecule has 0 aromatic carbocycles. The third-order valence-electron chi connectivity index (χ3n) is 7.38. The largest absolute Gasteiger partial charge is 0.299 e. The van der Waals surface area contributed by atoms with Crippen molar-refractivity contribution in [2.75, 3.05) is 0 Å². The van der Waals surface area contributed by atoms with Crippen molar-refractivity contribution in [2.45, 2.75) is 58.8 Å². The second-order valence-corrected chi connectivity index (χ2v) is 7.99. The molecule has 0 spiro atoms. The van der Waals surface area contributed by atoms with E-state index >= 15 is 0 Å². The van der Waals surface area contributed by atoms with Crippen LogP contribution in [0.2, 0.25) is 0 Å². The van der Waals surface area contributed by atoms with E-state index in [4.69, 9.17) is 0 Å². The maximum absolute atomic E-state index is 12.6. The van der Waals surface area contributed by atoms with Crippen molar-refractivity contribution in [1.29, 1.82) is 0 Å². The molecule has 1 nitrogen and oxygen atoms in total. The summed E-state index contributed by atoms with van der Waals surface area (Å²) in [5.41, 5.74) is 1.97. The van der Waals surface area contributed by atoms with E-state index in [-0.39, 0.29) is 5.41 Å². The second-order valence-electron chi connectivity index (χ2n) is 7.99. The highest BCUT2D eigenvalue weighted by Gasteiger charge is 2.58. The molecule has 108 valence electrons. The van der Waals surface area contributed by atoms with E-state index in [2.05, 4.69) is 32.1 Å². The maximum atomic E-state index is 12.6. The monoisotopic (exact) mass is 270 g/mol. The van der Waals surface area contributed by atoms with Gasteiger partial charge in [0.25, 0.3) is 0 Å². The van der Waals surface area contributed by atoms with Crippen LogP contribution in [-0.2, 0) is 4.79 Å². The lowest BCUT2D eigenvalue weighted by molar-refractivity contribution is -0.130. The molecule has 20 heavy (non-hydrogen) atoms. The van der Waals surface area contributed by atoms with Gasteiger partial charge in [0, 0.05) is 11.8 Å². The van der Waals surface area contributed by atoms with Crippen molar-refractivity contribution in [3.63, 3.8) is 0 Å². The van der Waals surface area contributed by atoms with E-state index in [0.29, 0.717) is 23.0 Å². The molecule has 0 aromatic rings. The lowest BCUT2D eigenvalue weighted by Crippen LogP contribution is -2.49. The fourth-order valence-electron chi connectivity index (χ4n) is 5.94. The van der Waals surface area contributed by atoms with Gasteiger partial charge in [0.15, 0.2) is 0 Å². The van der Waals surface area contributed by atoms with Crippen LogP contribution in [0.5, 0.6) is 0 Å². The quantitative estimate of drug-likeness (QED) is 0.584. The van der Waals surface area contributed by atoms with Gasteiger partial charge in [-0.15, -0.1) is 0 Å². The zero-order valence-electron chi connectivity index (χ0n) is 12.8. The van der Waals surface area contributed by atoms with Gasteiger partial charge in [-0.25, -0.2) is 0 Å². The Morgan fingerprint density at radius 1 is 1.05 bits per heavy atom. The summed E-state index contributed by atoms with van der Waals surface area (Å²) < 4.78 is 0. The molecule has 0 aliphatic heterocycles. The Labute approximate surface area is 122 Å². The molecule has 4 aliphatic rings. The van der Waals surface area contributed by atoms with Gasteiger partial charge in [-0.2, -0.15) is 0 Å². The highest BCUT2D eigenvalue weighted by Crippen LogP contribution is 2.63. The van der Waals surface area contributed by atoms with E-state index in [9.17, 15) is 4.79 Å². The van der Waals surface area contributed by atoms with Crippen molar-refractivity contribution >= 4 is 5.78 Å². The van der Waals surface area contributed by atoms with Crippen molar-refractivity contribution < 1.29 is 4.79 Å². The van der Waals surface area contributed by atoms with Gasteiger partial charge in [-0.05, 0) is 61.7 Å². The van der Waals surface area contributed by atoms with Crippen molar-refractivity contribution in [3.05, 3.63) is 23.8 Å². The Bertz CT molecular complexity index is 514. The average molecular weight is 270 g/mol. The van der Waals surface area contributed by atoms with Crippen molar-refractivity contribution in [2.24, 2.45) is 28.6 Å². The molecule has 5 atom stereocenters. The summed E-state index contributed by atoms with van der Waals surface area (Å²) in [5.74, 6) is 2.55. The molecule has 0 heterocycles. The van der Waals surface area contributed by atoms with Gasteiger partial charge in [-0.3, -0.25) is 4.79 Å². The van der Waals surface area contributed by atoms with Crippen LogP contribution in [0.4, 0.5) is 0 Å². The van der Waals surface area contributed by atoms with Crippen molar-refractivity contribution in [1.82, 2.24) is 0 Å². The van der Waals surface area contributed by atoms with Crippen LogP contribution >= 0.6 is 0 Å². The van der Waals surface area contributed by atoms with Crippen LogP contribution in [0.25, 0.3) is 0 Å². The minimum absolute atomic E-state index is 0.0285. The predicted molar refractivity (Wildman–Crippen MR) is 81.2 cm³/mol. The Kier molecular flexibility index (Phi) is 2.63. The summed E-state index contributed by atoms with van der Waals surface area (Å²) in [4.78, 5) is 12.6. The Hall–Kier alpha value is -0.850. The molecule has 0 unspecified atom stereocenters. The molecule has 2 fully saturated rings. The highest BCUT2D eigenvalue weighted by atomic mass is 16.1. The van der Waals surface area contributed by atoms with Gasteiger partial charge in [0.1, 0.15) is 5.78 Å². The fraction of sp³-hybridized carbons (Fsp3) is 0.737. The summed E-state index contributed by atoms with van der Waals surface area (Å²) in [6.45, 7) is 4.77. The van der Waals surface area contributed by atoms with Gasteiger partial charge < -0.3 is 0 Å². The van der Waals surface area contributed by atoms with E-state index in [1.54, 1.807) is 5.57 Å². The third kappa shape index (κ3) is 1.42. The van der Waals surface area contributed by atoms with Gasteiger partial charge in [0.05, 0.1) is 0 Å². The molecule has 0 radical (unpaired) electrons. The first-order valence-electron chi connectivity index (χ1n) is 8.45. The molecule has 0 N–H and O–H groups in total. The Morgan fingerprint density at radius 3 is 2.75 bits per heavy atom. The molecule has 0 saturated heterocycles. The van der Waals surface area contributed by atoms with Crippen LogP contribution in [0.15, 0.2) is 23.8 Å². The number of Topliss-reactive ketones (excluding diaryl/α,β-unsaturated/α-hetero) is 1. The van der Waals surface area contributed by atoms with Crippen LogP contribution in [0.3, 0.4) is 0 Å². The van der Waals surface area contributed by atoms with E-state index in [0.717, 1.165) is 25.2 Å². The minimum Gasteiger partial charge on any atom is -0.299 e. The second kappa shape index (κ2) is 4.08. The number of ketones is 1. The number of fused-ring (bicyclic) bond motifs is 5. The summed E-state index contributed by atoms with van der Waals surface area (Å²) in [6, 6.07) is 0. The molecule has 4 aliphatic carbocycles. The Morgan fingerprint density at radius 2 is 1.90 bits per heavy atom. The van der Waals surface area contributed by atoms with E-state index in [1.807, 2.05) is 0 Å². The topological polar surface area (TPSA) is 17.1 Å². The zero-order chi connectivity index (χ0) is 14.0. The van der Waals surface area contributed by atoms with Crippen LogP contribution in [-0.4, -0.2) is 5.78 Å². The van der Waals surface area contributed by atoms with Gasteiger partial charge in [-0.1, -0.05) is 37.6 Å². The SMILES string of the molecule is C[C@]12C(=O)CC[C@H]1CC=C1[C@H]2CC[C@@H]2CC=CC[C@]12C. The third-order valence-corrected chi connectivity index (χ3v) is 7.38. The summed E-state index contributed by atoms with van der Waals surface area (Å²) in [6.07, 6.45) is 15.4. The molecule has 1 heteroatoms.